The SMILES string of the molecule is CC/C=C\C/C=C\C/C=C\C/C=C\C/C=C\CCCCCC(=O)OCC(COC(=O)CCCCCCCCCCCCCCCCC)OC(=O)CCCCCCCCC/C=C\CCCCCC. The van der Waals surface area contributed by atoms with Crippen molar-refractivity contribution >= 4 is 17.9 Å². The van der Waals surface area contributed by atoms with Gasteiger partial charge >= 0.3 is 17.9 Å². The van der Waals surface area contributed by atoms with Crippen molar-refractivity contribution in [1.82, 2.24) is 0 Å². The second kappa shape index (κ2) is 55.4. The first kappa shape index (κ1) is 63.8. The van der Waals surface area contributed by atoms with Gasteiger partial charge in [-0.3, -0.25) is 14.4 Å². The normalized spacial score (nSPS) is 12.6. The molecule has 0 heterocycles. The molecule has 0 aliphatic rings. The summed E-state index contributed by atoms with van der Waals surface area (Å²) in [5.41, 5.74) is 0. The number of allylic oxidation sites excluding steroid dienone is 12. The van der Waals surface area contributed by atoms with Crippen molar-refractivity contribution < 1.29 is 28.6 Å². The molecule has 6 heteroatoms. The zero-order valence-corrected chi connectivity index (χ0v) is 44.2. The van der Waals surface area contributed by atoms with Crippen LogP contribution in [0.4, 0.5) is 0 Å². The molecule has 0 aliphatic heterocycles. The average Bonchev–Trinajstić information content (AvgIpc) is 3.33. The summed E-state index contributed by atoms with van der Waals surface area (Å²) in [5.74, 6) is -0.914. The molecule has 0 N–H and O–H groups in total. The van der Waals surface area contributed by atoms with E-state index >= 15 is 0 Å². The molecular weight excluding hydrogens is 829 g/mol. The maximum atomic E-state index is 12.8. The first-order valence-electron chi connectivity index (χ1n) is 28.4. The van der Waals surface area contributed by atoms with Gasteiger partial charge in [0, 0.05) is 19.3 Å². The van der Waals surface area contributed by atoms with Crippen LogP contribution in [0.5, 0.6) is 0 Å². The minimum atomic E-state index is -0.790. The van der Waals surface area contributed by atoms with Crippen LogP contribution in [0.3, 0.4) is 0 Å². The standard InChI is InChI=1S/C61H106O6/c1-4-7-10-13-16-19-22-25-28-29-30-31-34-36-39-42-45-48-51-54-60(63)66-57-58(67-61(64)55-52-49-46-43-40-37-33-27-24-21-18-15-12-9-6-3)56-65-59(62)53-50-47-44-41-38-35-32-26-23-20-17-14-11-8-5-2/h7,10,16,19,21,24-25,28,30-31,36,39,58H,4-6,8-9,11-15,17-18,20,22-23,26-27,29,32-35,37-38,40-57H2,1-3H3/b10-7-,19-16-,24-21-,28-25-,31-30-,39-36-. The molecule has 0 fully saturated rings. The van der Waals surface area contributed by atoms with E-state index in [0.29, 0.717) is 19.3 Å². The van der Waals surface area contributed by atoms with Gasteiger partial charge in [-0.15, -0.1) is 0 Å². The van der Waals surface area contributed by atoms with Gasteiger partial charge in [0.2, 0.25) is 0 Å². The van der Waals surface area contributed by atoms with Crippen molar-refractivity contribution in [3.05, 3.63) is 72.9 Å². The molecule has 0 saturated heterocycles. The summed E-state index contributed by atoms with van der Waals surface area (Å²) in [5, 5.41) is 0. The summed E-state index contributed by atoms with van der Waals surface area (Å²) in [7, 11) is 0. The third-order valence-electron chi connectivity index (χ3n) is 12.2. The number of carbonyl (C=O) groups excluding carboxylic acids is 3. The van der Waals surface area contributed by atoms with Crippen LogP contribution in [0.1, 0.15) is 278 Å². The molecule has 0 aliphatic carbocycles. The van der Waals surface area contributed by atoms with E-state index < -0.39 is 6.10 Å². The Balaban J connectivity index is 4.43. The Morgan fingerprint density at radius 1 is 0.313 bits per heavy atom. The first-order valence-corrected chi connectivity index (χ1v) is 28.4. The summed E-state index contributed by atoms with van der Waals surface area (Å²) < 4.78 is 16.8. The van der Waals surface area contributed by atoms with Crippen molar-refractivity contribution in [2.75, 3.05) is 13.2 Å². The molecule has 1 atom stereocenters. The Kier molecular flexibility index (Phi) is 52.8. The van der Waals surface area contributed by atoms with Crippen LogP contribution < -0.4 is 0 Å². The third kappa shape index (κ3) is 53.7. The van der Waals surface area contributed by atoms with Gasteiger partial charge < -0.3 is 14.2 Å². The maximum absolute atomic E-state index is 12.8. The lowest BCUT2D eigenvalue weighted by Gasteiger charge is -2.18. The zero-order valence-electron chi connectivity index (χ0n) is 44.2. The molecule has 1 unspecified atom stereocenters. The van der Waals surface area contributed by atoms with Crippen LogP contribution in [0.25, 0.3) is 0 Å². The smallest absolute Gasteiger partial charge is 0.306 e. The fourth-order valence-corrected chi connectivity index (χ4v) is 7.93. The third-order valence-corrected chi connectivity index (χ3v) is 12.2. The van der Waals surface area contributed by atoms with Crippen LogP contribution >= 0.6 is 0 Å². The molecule has 0 amide bonds. The molecule has 0 aromatic rings. The predicted octanol–water partition coefficient (Wildman–Crippen LogP) is 19.0. The minimum absolute atomic E-state index is 0.0854. The Labute approximate surface area is 414 Å². The molecule has 386 valence electrons. The molecule has 0 spiro atoms. The maximum Gasteiger partial charge on any atom is 0.306 e. The first-order chi connectivity index (χ1) is 33.0. The number of esters is 3. The van der Waals surface area contributed by atoms with Crippen molar-refractivity contribution in [1.29, 1.82) is 0 Å². The quantitative estimate of drug-likeness (QED) is 0.0262. The summed E-state index contributed by atoms with van der Waals surface area (Å²) in [6, 6.07) is 0. The molecule has 0 rings (SSSR count). The van der Waals surface area contributed by atoms with Gasteiger partial charge in [-0.2, -0.15) is 0 Å². The van der Waals surface area contributed by atoms with Crippen LogP contribution in [0.2, 0.25) is 0 Å². The second-order valence-electron chi connectivity index (χ2n) is 18.8. The highest BCUT2D eigenvalue weighted by atomic mass is 16.6. The Morgan fingerprint density at radius 3 is 0.955 bits per heavy atom. The number of hydrogen-bond donors (Lipinski definition) is 0. The van der Waals surface area contributed by atoms with Gasteiger partial charge in [-0.1, -0.05) is 241 Å². The van der Waals surface area contributed by atoms with E-state index in [0.717, 1.165) is 96.3 Å². The molecule has 6 nitrogen and oxygen atoms in total. The van der Waals surface area contributed by atoms with Gasteiger partial charge in [0.15, 0.2) is 6.10 Å². The lowest BCUT2D eigenvalue weighted by atomic mass is 10.0. The fourth-order valence-electron chi connectivity index (χ4n) is 7.93. The molecule has 0 radical (unpaired) electrons. The van der Waals surface area contributed by atoms with E-state index in [1.807, 2.05) is 0 Å². The summed E-state index contributed by atoms with van der Waals surface area (Å²) in [4.78, 5) is 38.1. The van der Waals surface area contributed by atoms with Gasteiger partial charge in [0.05, 0.1) is 0 Å². The summed E-state index contributed by atoms with van der Waals surface area (Å²) in [6.07, 6.45) is 70.3. The average molecular weight is 936 g/mol. The zero-order chi connectivity index (χ0) is 48.6. The van der Waals surface area contributed by atoms with Crippen LogP contribution in [-0.2, 0) is 28.6 Å². The Bertz CT molecular complexity index is 1260. The lowest BCUT2D eigenvalue weighted by Crippen LogP contribution is -2.30. The predicted molar refractivity (Wildman–Crippen MR) is 288 cm³/mol. The van der Waals surface area contributed by atoms with E-state index in [1.165, 1.54) is 141 Å². The number of rotatable bonds is 51. The highest BCUT2D eigenvalue weighted by Gasteiger charge is 2.19. The van der Waals surface area contributed by atoms with Crippen molar-refractivity contribution in [2.24, 2.45) is 0 Å². The molecule has 0 saturated carbocycles. The Morgan fingerprint density at radius 2 is 0.582 bits per heavy atom. The van der Waals surface area contributed by atoms with Crippen LogP contribution in [-0.4, -0.2) is 37.2 Å². The fraction of sp³-hybridized carbons (Fsp3) is 0.754. The van der Waals surface area contributed by atoms with Gasteiger partial charge in [-0.25, -0.2) is 0 Å². The minimum Gasteiger partial charge on any atom is -0.462 e. The number of ether oxygens (including phenoxy) is 3. The van der Waals surface area contributed by atoms with Crippen LogP contribution in [0, 0.1) is 0 Å². The van der Waals surface area contributed by atoms with Gasteiger partial charge in [0.25, 0.3) is 0 Å². The number of unbranched alkanes of at least 4 members (excludes halogenated alkanes) is 28. The molecule has 0 aromatic heterocycles. The second-order valence-corrected chi connectivity index (χ2v) is 18.8. The number of carbonyl (C=O) groups is 3. The summed E-state index contributed by atoms with van der Waals surface area (Å²) >= 11 is 0. The highest BCUT2D eigenvalue weighted by Crippen LogP contribution is 2.16. The van der Waals surface area contributed by atoms with E-state index in [-0.39, 0.29) is 31.1 Å². The van der Waals surface area contributed by atoms with E-state index in [2.05, 4.69) is 93.7 Å². The van der Waals surface area contributed by atoms with Gasteiger partial charge in [-0.05, 0) is 89.9 Å². The van der Waals surface area contributed by atoms with Crippen LogP contribution in [0.15, 0.2) is 72.9 Å². The topological polar surface area (TPSA) is 78.9 Å². The van der Waals surface area contributed by atoms with E-state index in [9.17, 15) is 14.4 Å². The van der Waals surface area contributed by atoms with E-state index in [4.69, 9.17) is 14.2 Å². The van der Waals surface area contributed by atoms with Crippen molar-refractivity contribution in [3.63, 3.8) is 0 Å². The molecule has 0 bridgehead atoms. The molecule has 0 aromatic carbocycles. The monoisotopic (exact) mass is 935 g/mol. The number of hydrogen-bond acceptors (Lipinski definition) is 6. The largest absolute Gasteiger partial charge is 0.462 e. The lowest BCUT2D eigenvalue weighted by molar-refractivity contribution is -0.167. The van der Waals surface area contributed by atoms with Crippen molar-refractivity contribution in [3.8, 4) is 0 Å². The summed E-state index contributed by atoms with van der Waals surface area (Å²) in [6.45, 7) is 6.50. The molecule has 67 heavy (non-hydrogen) atoms. The Hall–Kier alpha value is -3.15. The van der Waals surface area contributed by atoms with Gasteiger partial charge in [0.1, 0.15) is 13.2 Å². The molecular formula is C61H106O6. The van der Waals surface area contributed by atoms with Crippen molar-refractivity contribution in [2.45, 2.75) is 284 Å². The highest BCUT2D eigenvalue weighted by molar-refractivity contribution is 5.71. The van der Waals surface area contributed by atoms with E-state index in [1.54, 1.807) is 0 Å².